The van der Waals surface area contributed by atoms with E-state index in [9.17, 15) is 14.9 Å². The summed E-state index contributed by atoms with van der Waals surface area (Å²) >= 11 is 0. The fourth-order valence-corrected chi connectivity index (χ4v) is 2.15. The van der Waals surface area contributed by atoms with Gasteiger partial charge >= 0.3 is 0 Å². The lowest BCUT2D eigenvalue weighted by atomic mass is 9.99. The van der Waals surface area contributed by atoms with E-state index in [2.05, 4.69) is 0 Å². The third kappa shape index (κ3) is 4.99. The minimum atomic E-state index is -0.338. The van der Waals surface area contributed by atoms with Crippen LogP contribution in [0.4, 0.5) is 0 Å². The Hall–Kier alpha value is -1.91. The average Bonchev–Trinajstić information content (AvgIpc) is 2.45. The SMILES string of the molecule is CCCN(CCC[N+](=O)[O-])C(=O)[C@@H](C)c1ccccc1. The fraction of sp³-hybridized carbons (Fsp3) is 0.533. The second kappa shape index (κ2) is 8.30. The summed E-state index contributed by atoms with van der Waals surface area (Å²) in [5.41, 5.74) is 0.980. The number of hydrogen-bond donors (Lipinski definition) is 0. The van der Waals surface area contributed by atoms with Gasteiger partial charge in [0.1, 0.15) is 0 Å². The predicted octanol–water partition coefficient (Wildman–Crippen LogP) is 2.70. The Morgan fingerprint density at radius 3 is 2.50 bits per heavy atom. The molecule has 110 valence electrons. The summed E-state index contributed by atoms with van der Waals surface area (Å²) < 4.78 is 0. The lowest BCUT2D eigenvalue weighted by Gasteiger charge is -2.25. The zero-order valence-corrected chi connectivity index (χ0v) is 12.1. The molecular weight excluding hydrogens is 256 g/mol. The quantitative estimate of drug-likeness (QED) is 0.542. The van der Waals surface area contributed by atoms with E-state index >= 15 is 0 Å². The molecule has 1 atom stereocenters. The number of amides is 1. The molecule has 0 fully saturated rings. The molecule has 0 saturated carbocycles. The summed E-state index contributed by atoms with van der Waals surface area (Å²) in [6, 6.07) is 9.61. The van der Waals surface area contributed by atoms with Crippen molar-refractivity contribution in [2.45, 2.75) is 32.6 Å². The van der Waals surface area contributed by atoms with Gasteiger partial charge < -0.3 is 4.90 Å². The van der Waals surface area contributed by atoms with Crippen LogP contribution in [0.5, 0.6) is 0 Å². The molecular formula is C15H22N2O3. The minimum absolute atomic E-state index is 0.0430. The topological polar surface area (TPSA) is 63.4 Å². The fourth-order valence-electron chi connectivity index (χ4n) is 2.15. The maximum atomic E-state index is 12.5. The Labute approximate surface area is 119 Å². The molecule has 5 nitrogen and oxygen atoms in total. The van der Waals surface area contributed by atoms with E-state index in [0.717, 1.165) is 12.0 Å². The van der Waals surface area contributed by atoms with Gasteiger partial charge in [0.05, 0.1) is 5.92 Å². The molecule has 0 spiro atoms. The van der Waals surface area contributed by atoms with Crippen molar-refractivity contribution in [3.05, 3.63) is 46.0 Å². The highest BCUT2D eigenvalue weighted by Crippen LogP contribution is 2.18. The largest absolute Gasteiger partial charge is 0.342 e. The summed E-state index contributed by atoms with van der Waals surface area (Å²) in [6.45, 7) is 4.89. The number of carbonyl (C=O) groups excluding carboxylic acids is 1. The van der Waals surface area contributed by atoms with Crippen LogP contribution >= 0.6 is 0 Å². The van der Waals surface area contributed by atoms with Crippen molar-refractivity contribution in [1.29, 1.82) is 0 Å². The Morgan fingerprint density at radius 1 is 1.30 bits per heavy atom. The first-order valence-electron chi connectivity index (χ1n) is 7.01. The number of hydrogen-bond acceptors (Lipinski definition) is 3. The minimum Gasteiger partial charge on any atom is -0.342 e. The molecule has 0 aliphatic rings. The molecule has 0 aliphatic heterocycles. The molecule has 0 saturated heterocycles. The van der Waals surface area contributed by atoms with Crippen LogP contribution in [0, 0.1) is 10.1 Å². The van der Waals surface area contributed by atoms with Crippen LogP contribution in [0.15, 0.2) is 30.3 Å². The van der Waals surface area contributed by atoms with E-state index < -0.39 is 0 Å². The summed E-state index contributed by atoms with van der Waals surface area (Å²) in [6.07, 6.45) is 1.26. The first-order chi connectivity index (χ1) is 9.56. The monoisotopic (exact) mass is 278 g/mol. The van der Waals surface area contributed by atoms with Gasteiger partial charge in [-0.25, -0.2) is 0 Å². The predicted molar refractivity (Wildman–Crippen MR) is 78.2 cm³/mol. The molecule has 0 unspecified atom stereocenters. The summed E-state index contributed by atoms with van der Waals surface area (Å²) in [5, 5.41) is 10.4. The molecule has 20 heavy (non-hydrogen) atoms. The molecule has 0 heterocycles. The van der Waals surface area contributed by atoms with E-state index in [1.54, 1.807) is 4.90 Å². The van der Waals surface area contributed by atoms with Crippen LogP contribution in [-0.2, 0) is 4.79 Å². The maximum Gasteiger partial charge on any atom is 0.229 e. The Balaban J connectivity index is 2.65. The molecule has 0 radical (unpaired) electrons. The van der Waals surface area contributed by atoms with Crippen LogP contribution < -0.4 is 0 Å². The summed E-state index contributed by atoms with van der Waals surface area (Å²) in [4.78, 5) is 24.2. The standard InChI is InChI=1S/C15H22N2O3/c1-3-10-16(11-7-12-17(19)20)15(18)13(2)14-8-5-4-6-9-14/h4-6,8-9,13H,3,7,10-12H2,1-2H3/t13-/m0/s1. The summed E-state index contributed by atoms with van der Waals surface area (Å²) in [5.74, 6) is -0.167. The molecule has 1 amide bonds. The Bertz CT molecular complexity index is 434. The first-order valence-corrected chi connectivity index (χ1v) is 7.01. The van der Waals surface area contributed by atoms with Crippen molar-refractivity contribution < 1.29 is 9.72 Å². The van der Waals surface area contributed by atoms with E-state index in [0.29, 0.717) is 19.5 Å². The number of benzene rings is 1. The van der Waals surface area contributed by atoms with Gasteiger partial charge in [-0.15, -0.1) is 0 Å². The van der Waals surface area contributed by atoms with Crippen LogP contribution in [0.1, 0.15) is 38.2 Å². The van der Waals surface area contributed by atoms with Crippen LogP contribution in [-0.4, -0.2) is 35.4 Å². The normalized spacial score (nSPS) is 11.9. The van der Waals surface area contributed by atoms with Crippen molar-refractivity contribution >= 4 is 5.91 Å². The zero-order valence-electron chi connectivity index (χ0n) is 12.1. The van der Waals surface area contributed by atoms with E-state index in [1.807, 2.05) is 44.2 Å². The molecule has 1 aromatic carbocycles. The number of nitrogens with zero attached hydrogens (tertiary/aromatic N) is 2. The molecule has 0 bridgehead atoms. The van der Waals surface area contributed by atoms with Gasteiger partial charge in [-0.1, -0.05) is 37.3 Å². The van der Waals surface area contributed by atoms with Crippen molar-refractivity contribution in [3.63, 3.8) is 0 Å². The molecule has 1 aromatic rings. The Kier molecular flexibility index (Phi) is 6.70. The molecule has 5 heteroatoms. The van der Waals surface area contributed by atoms with Crippen molar-refractivity contribution in [2.75, 3.05) is 19.6 Å². The Morgan fingerprint density at radius 2 is 1.95 bits per heavy atom. The second-order valence-corrected chi connectivity index (χ2v) is 4.87. The van der Waals surface area contributed by atoms with E-state index in [-0.39, 0.29) is 23.3 Å². The zero-order chi connectivity index (χ0) is 15.0. The van der Waals surface area contributed by atoms with Crippen molar-refractivity contribution in [2.24, 2.45) is 0 Å². The number of carbonyl (C=O) groups is 1. The van der Waals surface area contributed by atoms with Crippen LogP contribution in [0.3, 0.4) is 0 Å². The third-order valence-corrected chi connectivity index (χ3v) is 3.24. The van der Waals surface area contributed by atoms with Gasteiger partial charge in [0.25, 0.3) is 0 Å². The van der Waals surface area contributed by atoms with Crippen molar-refractivity contribution in [3.8, 4) is 0 Å². The highest BCUT2D eigenvalue weighted by atomic mass is 16.6. The molecule has 0 aliphatic carbocycles. The average molecular weight is 278 g/mol. The van der Waals surface area contributed by atoms with E-state index in [4.69, 9.17) is 0 Å². The van der Waals surface area contributed by atoms with Gasteiger partial charge in [0.2, 0.25) is 12.5 Å². The smallest absolute Gasteiger partial charge is 0.229 e. The van der Waals surface area contributed by atoms with E-state index in [1.165, 1.54) is 0 Å². The third-order valence-electron chi connectivity index (χ3n) is 3.24. The van der Waals surface area contributed by atoms with Gasteiger partial charge in [0.15, 0.2) is 0 Å². The first kappa shape index (κ1) is 16.1. The van der Waals surface area contributed by atoms with Gasteiger partial charge in [-0.05, 0) is 18.9 Å². The number of nitro groups is 1. The highest BCUT2D eigenvalue weighted by molar-refractivity contribution is 5.83. The van der Waals surface area contributed by atoms with Crippen molar-refractivity contribution in [1.82, 2.24) is 4.90 Å². The molecule has 0 aromatic heterocycles. The van der Waals surface area contributed by atoms with Gasteiger partial charge in [0, 0.05) is 24.4 Å². The lowest BCUT2D eigenvalue weighted by molar-refractivity contribution is -0.480. The molecule has 0 N–H and O–H groups in total. The second-order valence-electron chi connectivity index (χ2n) is 4.87. The highest BCUT2D eigenvalue weighted by Gasteiger charge is 2.21. The molecule has 1 rings (SSSR count). The van der Waals surface area contributed by atoms with Crippen LogP contribution in [0.25, 0.3) is 0 Å². The number of rotatable bonds is 8. The summed E-state index contributed by atoms with van der Waals surface area (Å²) in [7, 11) is 0. The van der Waals surface area contributed by atoms with Gasteiger partial charge in [-0.3, -0.25) is 14.9 Å². The lowest BCUT2D eigenvalue weighted by Crippen LogP contribution is -2.36. The maximum absolute atomic E-state index is 12.5. The van der Waals surface area contributed by atoms with Crippen LogP contribution in [0.2, 0.25) is 0 Å². The van der Waals surface area contributed by atoms with Gasteiger partial charge in [-0.2, -0.15) is 0 Å².